The van der Waals surface area contributed by atoms with Crippen molar-refractivity contribution in [2.24, 2.45) is 4.99 Å². The molecule has 0 spiro atoms. The van der Waals surface area contributed by atoms with E-state index in [0.717, 1.165) is 17.9 Å². The molecule has 2 heterocycles. The van der Waals surface area contributed by atoms with Crippen molar-refractivity contribution in [1.82, 2.24) is 9.88 Å². The summed E-state index contributed by atoms with van der Waals surface area (Å²) >= 11 is 14.5. The first kappa shape index (κ1) is 17.7. The van der Waals surface area contributed by atoms with Crippen LogP contribution >= 0.6 is 45.9 Å². The second-order valence-electron chi connectivity index (χ2n) is 5.50. The Kier molecular flexibility index (Phi) is 5.17. The summed E-state index contributed by atoms with van der Waals surface area (Å²) in [6, 6.07) is 1.69. The molecule has 5 nitrogen and oxygen atoms in total. The zero-order valence-corrected chi connectivity index (χ0v) is 16.1. The molecule has 0 N–H and O–H groups in total. The minimum Gasteiger partial charge on any atom is -0.308 e. The third-order valence-electron chi connectivity index (χ3n) is 3.42. The second kappa shape index (κ2) is 7.01. The zero-order valence-electron chi connectivity index (χ0n) is 12.9. The van der Waals surface area contributed by atoms with Crippen molar-refractivity contribution in [1.29, 1.82) is 0 Å². The molecule has 0 radical (unpaired) electrons. The summed E-state index contributed by atoms with van der Waals surface area (Å²) in [5.74, 6) is -0.405. The van der Waals surface area contributed by atoms with Gasteiger partial charge in [-0.2, -0.15) is 0 Å². The normalized spacial score (nSPS) is 16.3. The van der Waals surface area contributed by atoms with Crippen LogP contribution in [0.5, 0.6) is 0 Å². The number of aliphatic imine (C=N–C) groups is 1. The summed E-state index contributed by atoms with van der Waals surface area (Å²) in [4.78, 5) is 35.8. The molecular weight excluding hydrogens is 389 g/mol. The van der Waals surface area contributed by atoms with Gasteiger partial charge in [-0.25, -0.2) is 4.98 Å². The van der Waals surface area contributed by atoms with Gasteiger partial charge in [0.05, 0.1) is 23.0 Å². The fourth-order valence-corrected chi connectivity index (χ4v) is 4.88. The van der Waals surface area contributed by atoms with Crippen LogP contribution in [0, 0.1) is 0 Å². The lowest BCUT2D eigenvalue weighted by molar-refractivity contribution is 0.0963. The molecule has 3 rings (SSSR count). The highest BCUT2D eigenvalue weighted by Gasteiger charge is 2.33. The van der Waals surface area contributed by atoms with Crippen LogP contribution in [-0.2, 0) is 0 Å². The summed E-state index contributed by atoms with van der Waals surface area (Å²) in [7, 11) is 3.86. The van der Waals surface area contributed by atoms with E-state index in [1.54, 1.807) is 6.07 Å². The highest BCUT2D eigenvalue weighted by molar-refractivity contribution is 7.22. The number of rotatable bonds is 4. The molecule has 0 amide bonds. The van der Waals surface area contributed by atoms with Gasteiger partial charge in [0.2, 0.25) is 5.78 Å². The Morgan fingerprint density at radius 3 is 2.67 bits per heavy atom. The largest absolute Gasteiger partial charge is 0.308 e. The highest BCUT2D eigenvalue weighted by atomic mass is 35.5. The molecule has 0 atom stereocenters. The minimum atomic E-state index is -0.218. The van der Waals surface area contributed by atoms with E-state index in [9.17, 15) is 9.59 Å². The van der Waals surface area contributed by atoms with Crippen molar-refractivity contribution in [2.75, 3.05) is 27.2 Å². The molecule has 126 valence electrons. The van der Waals surface area contributed by atoms with E-state index in [-0.39, 0.29) is 23.7 Å². The first-order valence-corrected chi connectivity index (χ1v) is 9.47. The Labute approximate surface area is 156 Å². The quantitative estimate of drug-likeness (QED) is 0.777. The number of carbonyl (C=O) groups excluding carboxylic acids is 2. The predicted molar refractivity (Wildman–Crippen MR) is 99.6 cm³/mol. The van der Waals surface area contributed by atoms with Gasteiger partial charge in [-0.1, -0.05) is 23.2 Å². The maximum absolute atomic E-state index is 12.6. The number of hydrogen-bond acceptors (Lipinski definition) is 7. The second-order valence-corrected chi connectivity index (χ2v) is 8.78. The van der Waals surface area contributed by atoms with Crippen molar-refractivity contribution < 1.29 is 9.59 Å². The third kappa shape index (κ3) is 3.45. The van der Waals surface area contributed by atoms with Gasteiger partial charge >= 0.3 is 0 Å². The van der Waals surface area contributed by atoms with Gasteiger partial charge in [0, 0.05) is 12.1 Å². The Morgan fingerprint density at radius 1 is 1.29 bits per heavy atom. The molecule has 0 aliphatic heterocycles. The SMILES string of the molecule is CN(C)CCN=C1CC(=O)c2nc(-c3cc(Cl)sc3Cl)sc2C1=O. The molecule has 2 aromatic rings. The number of hydrogen-bond donors (Lipinski definition) is 0. The van der Waals surface area contributed by atoms with Gasteiger partial charge in [0.15, 0.2) is 5.78 Å². The average molecular weight is 402 g/mol. The first-order chi connectivity index (χ1) is 11.4. The average Bonchev–Trinajstić information content (AvgIpc) is 3.07. The van der Waals surface area contributed by atoms with Gasteiger partial charge in [-0.05, 0) is 20.2 Å². The molecule has 0 saturated carbocycles. The number of thiophene rings is 1. The molecule has 24 heavy (non-hydrogen) atoms. The number of aromatic nitrogens is 1. The Balaban J connectivity index is 1.94. The lowest BCUT2D eigenvalue weighted by Crippen LogP contribution is -2.27. The van der Waals surface area contributed by atoms with Gasteiger partial charge < -0.3 is 4.90 Å². The standard InChI is InChI=1S/C15H13Cl2N3O2S2/c1-20(2)4-3-18-8-6-9(21)11-13(12(8)22)24-15(19-11)7-5-10(16)23-14(7)17/h5H,3-4,6H2,1-2H3. The van der Waals surface area contributed by atoms with Crippen LogP contribution in [0.25, 0.3) is 10.6 Å². The number of fused-ring (bicyclic) bond motifs is 1. The fraction of sp³-hybridized carbons (Fsp3) is 0.333. The molecule has 0 fully saturated rings. The molecular formula is C15H13Cl2N3O2S2. The van der Waals surface area contributed by atoms with Crippen LogP contribution in [0.3, 0.4) is 0 Å². The van der Waals surface area contributed by atoms with Crippen LogP contribution in [0.1, 0.15) is 26.6 Å². The van der Waals surface area contributed by atoms with Crippen molar-refractivity contribution >= 4 is 63.2 Å². The molecule has 0 bridgehead atoms. The summed E-state index contributed by atoms with van der Waals surface area (Å²) in [5.41, 5.74) is 1.17. The van der Waals surface area contributed by atoms with E-state index in [4.69, 9.17) is 23.2 Å². The molecule has 0 unspecified atom stereocenters. The monoisotopic (exact) mass is 401 g/mol. The smallest absolute Gasteiger partial charge is 0.219 e. The number of carbonyl (C=O) groups is 2. The molecule has 9 heteroatoms. The van der Waals surface area contributed by atoms with E-state index in [0.29, 0.717) is 36.4 Å². The number of ketones is 2. The number of halogens is 2. The minimum absolute atomic E-state index is 0.000556. The summed E-state index contributed by atoms with van der Waals surface area (Å²) < 4.78 is 1.03. The molecule has 1 aliphatic carbocycles. The van der Waals surface area contributed by atoms with Crippen LogP contribution in [0.2, 0.25) is 8.67 Å². The lowest BCUT2D eigenvalue weighted by atomic mass is 9.98. The Bertz CT molecular complexity index is 855. The maximum Gasteiger partial charge on any atom is 0.219 e. The summed E-state index contributed by atoms with van der Waals surface area (Å²) in [5, 5.41) is 0.532. The van der Waals surface area contributed by atoms with Crippen molar-refractivity contribution in [3.05, 3.63) is 25.3 Å². The Morgan fingerprint density at radius 2 is 2.04 bits per heavy atom. The zero-order chi connectivity index (χ0) is 17.4. The Hall–Kier alpha value is -1.12. The van der Waals surface area contributed by atoms with Crippen LogP contribution in [0.4, 0.5) is 0 Å². The number of Topliss-reactive ketones (excluding diaryl/α,β-unsaturated/α-hetero) is 2. The lowest BCUT2D eigenvalue weighted by Gasteiger charge is -2.11. The number of nitrogens with zero attached hydrogens (tertiary/aromatic N) is 3. The van der Waals surface area contributed by atoms with Gasteiger partial charge in [-0.3, -0.25) is 14.6 Å². The van der Waals surface area contributed by atoms with Gasteiger partial charge in [0.1, 0.15) is 19.9 Å². The molecule has 0 aromatic carbocycles. The van der Waals surface area contributed by atoms with E-state index >= 15 is 0 Å². The van der Waals surface area contributed by atoms with Crippen molar-refractivity contribution in [2.45, 2.75) is 6.42 Å². The van der Waals surface area contributed by atoms with E-state index in [1.165, 1.54) is 11.3 Å². The van der Waals surface area contributed by atoms with E-state index < -0.39 is 0 Å². The van der Waals surface area contributed by atoms with E-state index in [1.807, 2.05) is 19.0 Å². The summed E-state index contributed by atoms with van der Waals surface area (Å²) in [6.45, 7) is 1.20. The summed E-state index contributed by atoms with van der Waals surface area (Å²) in [6.07, 6.45) is 0.000556. The van der Waals surface area contributed by atoms with Crippen molar-refractivity contribution in [3.8, 4) is 10.6 Å². The number of likely N-dealkylation sites (N-methyl/N-ethyl adjacent to an activating group) is 1. The molecule has 1 aliphatic rings. The van der Waals surface area contributed by atoms with Gasteiger partial charge in [-0.15, -0.1) is 22.7 Å². The van der Waals surface area contributed by atoms with Gasteiger partial charge in [0.25, 0.3) is 0 Å². The predicted octanol–water partition coefficient (Wildman–Crippen LogP) is 3.95. The number of thiazole rings is 1. The topological polar surface area (TPSA) is 62.6 Å². The van der Waals surface area contributed by atoms with Crippen LogP contribution in [-0.4, -0.2) is 54.3 Å². The highest BCUT2D eigenvalue weighted by Crippen LogP contribution is 2.41. The van der Waals surface area contributed by atoms with Crippen LogP contribution in [0.15, 0.2) is 11.1 Å². The fourth-order valence-electron chi connectivity index (χ4n) is 2.22. The maximum atomic E-state index is 12.6. The first-order valence-electron chi connectivity index (χ1n) is 7.08. The van der Waals surface area contributed by atoms with Crippen molar-refractivity contribution in [3.63, 3.8) is 0 Å². The third-order valence-corrected chi connectivity index (χ3v) is 6.00. The molecule has 2 aromatic heterocycles. The van der Waals surface area contributed by atoms with Crippen LogP contribution < -0.4 is 0 Å². The molecule has 0 saturated heterocycles. The van der Waals surface area contributed by atoms with E-state index in [2.05, 4.69) is 9.98 Å².